The van der Waals surface area contributed by atoms with Crippen LogP contribution in [0.4, 0.5) is 5.69 Å². The van der Waals surface area contributed by atoms with Crippen LogP contribution in [-0.2, 0) is 13.1 Å². The van der Waals surface area contributed by atoms with Gasteiger partial charge in [0.1, 0.15) is 0 Å². The highest BCUT2D eigenvalue weighted by Crippen LogP contribution is 2.30. The predicted molar refractivity (Wildman–Crippen MR) is 121 cm³/mol. The molecule has 158 valence electrons. The lowest BCUT2D eigenvalue weighted by Crippen LogP contribution is -2.31. The van der Waals surface area contributed by atoms with Gasteiger partial charge in [0, 0.05) is 37.9 Å². The lowest BCUT2D eigenvalue weighted by atomic mass is 10.1. The number of benzene rings is 2. The Hall–Kier alpha value is -2.73. The zero-order chi connectivity index (χ0) is 21.2. The molecule has 29 heavy (non-hydrogen) atoms. The van der Waals surface area contributed by atoms with Gasteiger partial charge in [-0.15, -0.1) is 0 Å². The SMILES string of the molecule is CCOc1cc(NC(=NC)NCc2ccccc2CN(C)C(C)C)ccc1OC. The lowest BCUT2D eigenvalue weighted by molar-refractivity contribution is 0.265. The molecule has 0 aromatic heterocycles. The molecular weight excluding hydrogens is 364 g/mol. The Balaban J connectivity index is 2.06. The molecule has 0 aliphatic heterocycles. The summed E-state index contributed by atoms with van der Waals surface area (Å²) >= 11 is 0. The molecule has 0 radical (unpaired) electrons. The summed E-state index contributed by atoms with van der Waals surface area (Å²) < 4.78 is 11.0. The van der Waals surface area contributed by atoms with Gasteiger partial charge in [-0.3, -0.25) is 9.89 Å². The first-order valence-electron chi connectivity index (χ1n) is 10.0. The fraction of sp³-hybridized carbons (Fsp3) is 0.435. The Morgan fingerprint density at radius 1 is 1.10 bits per heavy atom. The van der Waals surface area contributed by atoms with E-state index in [1.807, 2.05) is 25.1 Å². The fourth-order valence-corrected chi connectivity index (χ4v) is 2.85. The van der Waals surface area contributed by atoms with Gasteiger partial charge >= 0.3 is 0 Å². The van der Waals surface area contributed by atoms with Crippen molar-refractivity contribution in [2.45, 2.75) is 39.9 Å². The molecule has 0 aliphatic rings. The lowest BCUT2D eigenvalue weighted by Gasteiger charge is -2.23. The molecule has 0 fully saturated rings. The van der Waals surface area contributed by atoms with E-state index in [1.54, 1.807) is 14.2 Å². The van der Waals surface area contributed by atoms with Gasteiger partial charge in [-0.05, 0) is 51.1 Å². The van der Waals surface area contributed by atoms with Crippen molar-refractivity contribution < 1.29 is 9.47 Å². The Morgan fingerprint density at radius 3 is 2.45 bits per heavy atom. The molecule has 6 nitrogen and oxygen atoms in total. The second-order valence-electron chi connectivity index (χ2n) is 7.13. The Kier molecular flexibility index (Phi) is 8.80. The average molecular weight is 399 g/mol. The molecule has 2 rings (SSSR count). The van der Waals surface area contributed by atoms with E-state index >= 15 is 0 Å². The molecule has 0 saturated heterocycles. The largest absolute Gasteiger partial charge is 0.493 e. The quantitative estimate of drug-likeness (QED) is 0.491. The van der Waals surface area contributed by atoms with Crippen LogP contribution in [0.2, 0.25) is 0 Å². The van der Waals surface area contributed by atoms with E-state index in [2.05, 4.69) is 65.7 Å². The van der Waals surface area contributed by atoms with E-state index in [-0.39, 0.29) is 0 Å². The molecule has 0 spiro atoms. The number of hydrogen-bond acceptors (Lipinski definition) is 4. The van der Waals surface area contributed by atoms with E-state index in [4.69, 9.17) is 9.47 Å². The number of methoxy groups -OCH3 is 1. The number of anilines is 1. The maximum absolute atomic E-state index is 5.66. The minimum atomic E-state index is 0.500. The van der Waals surface area contributed by atoms with E-state index in [9.17, 15) is 0 Å². The maximum Gasteiger partial charge on any atom is 0.195 e. The van der Waals surface area contributed by atoms with Crippen LogP contribution in [-0.4, -0.2) is 44.7 Å². The summed E-state index contributed by atoms with van der Waals surface area (Å²) in [5.74, 6) is 2.12. The molecule has 0 amide bonds. The summed E-state index contributed by atoms with van der Waals surface area (Å²) in [6.07, 6.45) is 0. The molecule has 0 heterocycles. The fourth-order valence-electron chi connectivity index (χ4n) is 2.85. The van der Waals surface area contributed by atoms with Crippen molar-refractivity contribution in [2.75, 3.05) is 33.1 Å². The van der Waals surface area contributed by atoms with Gasteiger partial charge in [-0.1, -0.05) is 24.3 Å². The highest BCUT2D eigenvalue weighted by Gasteiger charge is 2.10. The second kappa shape index (κ2) is 11.3. The smallest absolute Gasteiger partial charge is 0.195 e. The molecule has 0 aliphatic carbocycles. The van der Waals surface area contributed by atoms with Crippen LogP contribution in [0.1, 0.15) is 31.9 Å². The normalized spacial score (nSPS) is 11.7. The van der Waals surface area contributed by atoms with Crippen LogP contribution in [0.3, 0.4) is 0 Å². The molecule has 2 N–H and O–H groups in total. The van der Waals surface area contributed by atoms with E-state index in [0.717, 1.165) is 12.2 Å². The van der Waals surface area contributed by atoms with Gasteiger partial charge < -0.3 is 20.1 Å². The van der Waals surface area contributed by atoms with Crippen LogP contribution in [0.25, 0.3) is 0 Å². The average Bonchev–Trinajstić information content (AvgIpc) is 2.72. The Morgan fingerprint density at radius 2 is 1.83 bits per heavy atom. The van der Waals surface area contributed by atoms with Crippen molar-refractivity contribution in [3.8, 4) is 11.5 Å². The molecule has 2 aromatic rings. The number of nitrogens with zero attached hydrogens (tertiary/aromatic N) is 2. The molecule has 2 aromatic carbocycles. The number of guanidine groups is 1. The standard InChI is InChI=1S/C23H34N4O2/c1-7-29-22-14-20(12-13-21(22)28-6)26-23(24-4)25-15-18-10-8-9-11-19(18)16-27(5)17(2)3/h8-14,17H,7,15-16H2,1-6H3,(H2,24,25,26). The molecule has 0 atom stereocenters. The number of nitrogens with one attached hydrogen (secondary N) is 2. The molecule has 0 unspecified atom stereocenters. The molecule has 6 heteroatoms. The molecule has 0 bridgehead atoms. The van der Waals surface area contributed by atoms with Crippen molar-refractivity contribution in [3.05, 3.63) is 53.6 Å². The van der Waals surface area contributed by atoms with Crippen LogP contribution in [0, 0.1) is 0 Å². The van der Waals surface area contributed by atoms with Crippen molar-refractivity contribution in [1.29, 1.82) is 0 Å². The van der Waals surface area contributed by atoms with Gasteiger partial charge in [0.05, 0.1) is 13.7 Å². The van der Waals surface area contributed by atoms with E-state index in [0.29, 0.717) is 36.7 Å². The summed E-state index contributed by atoms with van der Waals surface area (Å²) in [6, 6.07) is 14.8. The van der Waals surface area contributed by atoms with Gasteiger partial charge in [0.2, 0.25) is 0 Å². The third-order valence-electron chi connectivity index (χ3n) is 4.82. The highest BCUT2D eigenvalue weighted by molar-refractivity contribution is 5.93. The monoisotopic (exact) mass is 398 g/mol. The topological polar surface area (TPSA) is 58.1 Å². The summed E-state index contributed by atoms with van der Waals surface area (Å²) in [5.41, 5.74) is 3.46. The van der Waals surface area contributed by atoms with Gasteiger partial charge in [-0.25, -0.2) is 0 Å². The molecular formula is C23H34N4O2. The maximum atomic E-state index is 5.66. The third-order valence-corrected chi connectivity index (χ3v) is 4.82. The first kappa shape index (κ1) is 22.6. The zero-order valence-electron chi connectivity index (χ0n) is 18.5. The number of hydrogen-bond donors (Lipinski definition) is 2. The number of rotatable bonds is 9. The summed E-state index contributed by atoms with van der Waals surface area (Å²) in [4.78, 5) is 6.68. The van der Waals surface area contributed by atoms with Crippen LogP contribution in [0.15, 0.2) is 47.5 Å². The van der Waals surface area contributed by atoms with E-state index < -0.39 is 0 Å². The van der Waals surface area contributed by atoms with Gasteiger partial charge in [0.15, 0.2) is 17.5 Å². The Labute approximate surface area is 174 Å². The predicted octanol–water partition coefficient (Wildman–Crippen LogP) is 4.12. The van der Waals surface area contributed by atoms with Crippen molar-refractivity contribution in [2.24, 2.45) is 4.99 Å². The zero-order valence-corrected chi connectivity index (χ0v) is 18.5. The summed E-state index contributed by atoms with van der Waals surface area (Å²) in [5, 5.41) is 6.73. The van der Waals surface area contributed by atoms with Crippen LogP contribution < -0.4 is 20.1 Å². The van der Waals surface area contributed by atoms with E-state index in [1.165, 1.54) is 11.1 Å². The number of ether oxygens (including phenoxy) is 2. The van der Waals surface area contributed by atoms with Gasteiger partial charge in [0.25, 0.3) is 0 Å². The summed E-state index contributed by atoms with van der Waals surface area (Å²) in [6.45, 7) is 8.55. The number of aliphatic imine (C=N–C) groups is 1. The van der Waals surface area contributed by atoms with Crippen LogP contribution in [0.5, 0.6) is 11.5 Å². The van der Waals surface area contributed by atoms with Crippen LogP contribution >= 0.6 is 0 Å². The van der Waals surface area contributed by atoms with Gasteiger partial charge in [-0.2, -0.15) is 0 Å². The van der Waals surface area contributed by atoms with Crippen molar-refractivity contribution in [1.82, 2.24) is 10.2 Å². The minimum absolute atomic E-state index is 0.500. The third kappa shape index (κ3) is 6.68. The molecule has 0 saturated carbocycles. The van der Waals surface area contributed by atoms with Crippen molar-refractivity contribution in [3.63, 3.8) is 0 Å². The minimum Gasteiger partial charge on any atom is -0.493 e. The second-order valence-corrected chi connectivity index (χ2v) is 7.13. The first-order chi connectivity index (χ1) is 14.0. The first-order valence-corrected chi connectivity index (χ1v) is 10.0. The highest BCUT2D eigenvalue weighted by atomic mass is 16.5. The Bertz CT molecular complexity index is 805. The summed E-state index contributed by atoms with van der Waals surface area (Å²) in [7, 11) is 5.55. The van der Waals surface area contributed by atoms with Crippen molar-refractivity contribution >= 4 is 11.6 Å².